The second-order valence-corrected chi connectivity index (χ2v) is 8.26. The van der Waals surface area contributed by atoms with Gasteiger partial charge in [-0.2, -0.15) is 0 Å². The van der Waals surface area contributed by atoms with Crippen LogP contribution in [0.25, 0.3) is 11.0 Å². The van der Waals surface area contributed by atoms with Crippen LogP contribution in [-0.4, -0.2) is 10.9 Å². The Kier molecular flexibility index (Phi) is 4.47. The monoisotopic (exact) mass is 410 g/mol. The summed E-state index contributed by atoms with van der Waals surface area (Å²) >= 11 is 0. The molecule has 0 aliphatic carbocycles. The van der Waals surface area contributed by atoms with Crippen molar-refractivity contribution in [2.45, 2.75) is 32.7 Å². The maximum atomic E-state index is 13.5. The molecule has 5 nitrogen and oxygen atoms in total. The van der Waals surface area contributed by atoms with Gasteiger partial charge in [0.15, 0.2) is 5.43 Å². The molecule has 2 aromatic carbocycles. The lowest BCUT2D eigenvalue weighted by Crippen LogP contribution is -2.30. The van der Waals surface area contributed by atoms with Gasteiger partial charge in [0.05, 0.1) is 17.0 Å². The summed E-state index contributed by atoms with van der Waals surface area (Å²) in [5, 5.41) is 0.469. The molecule has 0 spiro atoms. The zero-order valence-corrected chi connectivity index (χ0v) is 17.6. The number of fused-ring (bicyclic) bond motifs is 2. The number of hydrogen-bond acceptors (Lipinski definition) is 4. The van der Waals surface area contributed by atoms with Gasteiger partial charge in [-0.05, 0) is 53.8 Å². The first-order valence-corrected chi connectivity index (χ1v) is 10.4. The fourth-order valence-electron chi connectivity index (χ4n) is 4.19. The standard InChI is InChI=1S/C26H22N2O3/c1-15(2)17-8-10-18(11-9-17)23-22-24(29)19-6-4-5-7-20(19)31-25(22)26(30)28(23)21-14-16(3)12-13-27-21/h4-15,23H,1-3H3/t23-/m0/s1. The molecular formula is C26H22N2O3. The summed E-state index contributed by atoms with van der Waals surface area (Å²) in [6, 6.07) is 18.2. The molecule has 1 aliphatic rings. The third-order valence-electron chi connectivity index (χ3n) is 5.84. The lowest BCUT2D eigenvalue weighted by molar-refractivity contribution is 0.0970. The molecule has 0 unspecified atom stereocenters. The summed E-state index contributed by atoms with van der Waals surface area (Å²) in [7, 11) is 0. The lowest BCUT2D eigenvalue weighted by atomic mass is 9.95. The summed E-state index contributed by atoms with van der Waals surface area (Å²) in [6.07, 6.45) is 1.67. The number of para-hydroxylation sites is 1. The molecule has 5 rings (SSSR count). The number of aryl methyl sites for hydroxylation is 1. The minimum absolute atomic E-state index is 0.0879. The molecule has 4 aromatic rings. The van der Waals surface area contributed by atoms with E-state index in [9.17, 15) is 9.59 Å². The molecular weight excluding hydrogens is 388 g/mol. The van der Waals surface area contributed by atoms with Crippen LogP contribution in [0.5, 0.6) is 0 Å². The van der Waals surface area contributed by atoms with Crippen LogP contribution in [0.3, 0.4) is 0 Å². The van der Waals surface area contributed by atoms with Crippen molar-refractivity contribution in [1.82, 2.24) is 4.98 Å². The van der Waals surface area contributed by atoms with Gasteiger partial charge in [0.2, 0.25) is 5.76 Å². The Morgan fingerprint density at radius 1 is 1.00 bits per heavy atom. The van der Waals surface area contributed by atoms with Crippen LogP contribution in [0.1, 0.15) is 58.6 Å². The molecule has 0 saturated carbocycles. The molecule has 2 aromatic heterocycles. The van der Waals surface area contributed by atoms with Crippen LogP contribution in [0.2, 0.25) is 0 Å². The van der Waals surface area contributed by atoms with Crippen LogP contribution < -0.4 is 10.3 Å². The van der Waals surface area contributed by atoms with Crippen molar-refractivity contribution in [2.24, 2.45) is 0 Å². The van der Waals surface area contributed by atoms with Gasteiger partial charge < -0.3 is 4.42 Å². The van der Waals surface area contributed by atoms with Crippen molar-refractivity contribution in [2.75, 3.05) is 4.90 Å². The van der Waals surface area contributed by atoms with Gasteiger partial charge in [0.25, 0.3) is 5.91 Å². The Morgan fingerprint density at radius 3 is 2.45 bits per heavy atom. The van der Waals surface area contributed by atoms with Crippen molar-refractivity contribution >= 4 is 22.7 Å². The van der Waals surface area contributed by atoms with Gasteiger partial charge in [-0.25, -0.2) is 4.98 Å². The Bertz CT molecular complexity index is 1370. The zero-order chi connectivity index (χ0) is 21.7. The van der Waals surface area contributed by atoms with Gasteiger partial charge in [-0.3, -0.25) is 14.5 Å². The van der Waals surface area contributed by atoms with E-state index in [1.807, 2.05) is 43.3 Å². The first-order valence-electron chi connectivity index (χ1n) is 10.4. The molecule has 5 heteroatoms. The molecule has 0 saturated heterocycles. The van der Waals surface area contributed by atoms with E-state index in [2.05, 4.69) is 18.8 Å². The average Bonchev–Trinajstić information content (AvgIpc) is 3.06. The van der Waals surface area contributed by atoms with E-state index in [1.54, 1.807) is 35.4 Å². The molecule has 1 amide bonds. The zero-order valence-electron chi connectivity index (χ0n) is 17.6. The minimum Gasteiger partial charge on any atom is -0.450 e. The van der Waals surface area contributed by atoms with E-state index in [4.69, 9.17) is 4.42 Å². The van der Waals surface area contributed by atoms with E-state index in [0.29, 0.717) is 28.3 Å². The first-order chi connectivity index (χ1) is 15.0. The maximum Gasteiger partial charge on any atom is 0.296 e. The Balaban J connectivity index is 1.78. The van der Waals surface area contributed by atoms with Crippen LogP contribution in [0.15, 0.2) is 76.1 Å². The van der Waals surface area contributed by atoms with Gasteiger partial charge in [0, 0.05) is 6.20 Å². The van der Waals surface area contributed by atoms with Crippen molar-refractivity contribution in [3.8, 4) is 0 Å². The fraction of sp³-hybridized carbons (Fsp3) is 0.192. The number of rotatable bonds is 3. The highest BCUT2D eigenvalue weighted by atomic mass is 16.3. The number of benzene rings is 2. The SMILES string of the molecule is Cc1ccnc(N2C(=O)c3oc4ccccc4c(=O)c3[C@@H]2c2ccc(C(C)C)cc2)c1. The molecule has 154 valence electrons. The van der Waals surface area contributed by atoms with Crippen LogP contribution in [0.4, 0.5) is 5.82 Å². The number of pyridine rings is 1. The largest absolute Gasteiger partial charge is 0.450 e. The maximum absolute atomic E-state index is 13.5. The summed E-state index contributed by atoms with van der Waals surface area (Å²) in [5.41, 5.74) is 3.61. The average molecular weight is 410 g/mol. The van der Waals surface area contributed by atoms with Gasteiger partial charge in [0.1, 0.15) is 11.4 Å². The molecule has 0 bridgehead atoms. The van der Waals surface area contributed by atoms with Crippen molar-refractivity contribution in [1.29, 1.82) is 0 Å². The highest BCUT2D eigenvalue weighted by Crippen LogP contribution is 2.40. The third-order valence-corrected chi connectivity index (χ3v) is 5.84. The van der Waals surface area contributed by atoms with Crippen LogP contribution >= 0.6 is 0 Å². The summed E-state index contributed by atoms with van der Waals surface area (Å²) in [4.78, 5) is 33.0. The van der Waals surface area contributed by atoms with Crippen LogP contribution in [0, 0.1) is 6.92 Å². The summed E-state index contributed by atoms with van der Waals surface area (Å²) in [6.45, 7) is 6.21. The van der Waals surface area contributed by atoms with Crippen molar-refractivity contribution < 1.29 is 9.21 Å². The number of amides is 1. The van der Waals surface area contributed by atoms with E-state index in [0.717, 1.165) is 11.1 Å². The van der Waals surface area contributed by atoms with Gasteiger partial charge in [-0.1, -0.05) is 50.2 Å². The van der Waals surface area contributed by atoms with E-state index >= 15 is 0 Å². The molecule has 1 aliphatic heterocycles. The number of carbonyl (C=O) groups excluding carboxylic acids is 1. The Morgan fingerprint density at radius 2 is 1.74 bits per heavy atom. The number of carbonyl (C=O) groups is 1. The molecule has 0 N–H and O–H groups in total. The lowest BCUT2D eigenvalue weighted by Gasteiger charge is -2.24. The highest BCUT2D eigenvalue weighted by molar-refractivity contribution is 6.10. The van der Waals surface area contributed by atoms with Crippen LogP contribution in [-0.2, 0) is 0 Å². The van der Waals surface area contributed by atoms with E-state index in [-0.39, 0.29) is 17.1 Å². The second kappa shape index (κ2) is 7.20. The normalized spacial score (nSPS) is 15.7. The molecule has 0 radical (unpaired) electrons. The van der Waals surface area contributed by atoms with Gasteiger partial charge in [-0.15, -0.1) is 0 Å². The minimum atomic E-state index is -0.598. The van der Waals surface area contributed by atoms with Crippen molar-refractivity contribution in [3.63, 3.8) is 0 Å². The predicted octanol–water partition coefficient (Wildman–Crippen LogP) is 5.37. The smallest absolute Gasteiger partial charge is 0.296 e. The highest BCUT2D eigenvalue weighted by Gasteiger charge is 2.44. The number of aromatic nitrogens is 1. The second-order valence-electron chi connectivity index (χ2n) is 8.26. The van der Waals surface area contributed by atoms with E-state index in [1.165, 1.54) is 5.56 Å². The molecule has 31 heavy (non-hydrogen) atoms. The Labute approximate surface area is 180 Å². The van der Waals surface area contributed by atoms with E-state index < -0.39 is 6.04 Å². The molecule has 1 atom stereocenters. The van der Waals surface area contributed by atoms with Crippen molar-refractivity contribution in [3.05, 3.63) is 105 Å². The fourth-order valence-corrected chi connectivity index (χ4v) is 4.19. The number of anilines is 1. The predicted molar refractivity (Wildman–Crippen MR) is 121 cm³/mol. The quantitative estimate of drug-likeness (QED) is 0.455. The molecule has 3 heterocycles. The first kappa shape index (κ1) is 19.2. The summed E-state index contributed by atoms with van der Waals surface area (Å²) in [5.74, 6) is 0.617. The molecule has 0 fully saturated rings. The topological polar surface area (TPSA) is 63.4 Å². The van der Waals surface area contributed by atoms with Gasteiger partial charge >= 0.3 is 0 Å². The number of hydrogen-bond donors (Lipinski definition) is 0. The Hall–Kier alpha value is -3.73. The summed E-state index contributed by atoms with van der Waals surface area (Å²) < 4.78 is 5.97. The third kappa shape index (κ3) is 3.05. The number of nitrogens with zero attached hydrogens (tertiary/aromatic N) is 2.